The van der Waals surface area contributed by atoms with Gasteiger partial charge in [-0.15, -0.1) is 0 Å². The molecule has 0 saturated carbocycles. The quantitative estimate of drug-likeness (QED) is 0.716. The predicted octanol–water partition coefficient (Wildman–Crippen LogP) is 1.86. The van der Waals surface area contributed by atoms with Crippen LogP contribution in [0.25, 0.3) is 0 Å². The molecule has 0 aromatic heterocycles. The number of hydrogen-bond donors (Lipinski definition) is 2. The van der Waals surface area contributed by atoms with E-state index in [1.54, 1.807) is 12.1 Å². The Hall–Kier alpha value is -1.09. The number of halogens is 1. The molecule has 1 aromatic rings. The molecular formula is C11H15FN2. The molecule has 3 heteroatoms. The van der Waals surface area contributed by atoms with Gasteiger partial charge in [0.2, 0.25) is 0 Å². The van der Waals surface area contributed by atoms with Crippen LogP contribution in [0.15, 0.2) is 18.2 Å². The minimum atomic E-state index is -0.188. The zero-order valence-electron chi connectivity index (χ0n) is 8.31. The van der Waals surface area contributed by atoms with Crippen LogP contribution in [0.1, 0.15) is 18.9 Å². The monoisotopic (exact) mass is 194 g/mol. The van der Waals surface area contributed by atoms with E-state index < -0.39 is 0 Å². The summed E-state index contributed by atoms with van der Waals surface area (Å²) in [5.74, 6) is -0.188. The average Bonchev–Trinajstić information content (AvgIpc) is 2.20. The zero-order valence-corrected chi connectivity index (χ0v) is 8.31. The Bertz CT molecular complexity index is 351. The van der Waals surface area contributed by atoms with E-state index in [-0.39, 0.29) is 11.2 Å². The molecule has 2 rings (SSSR count). The zero-order chi connectivity index (χ0) is 10.2. The summed E-state index contributed by atoms with van der Waals surface area (Å²) in [6.07, 6.45) is 0.958. The molecule has 0 fully saturated rings. The van der Waals surface area contributed by atoms with E-state index in [0.29, 0.717) is 6.54 Å². The number of rotatable bonds is 1. The molecule has 1 aliphatic heterocycles. The predicted molar refractivity (Wildman–Crippen MR) is 55.9 cm³/mol. The summed E-state index contributed by atoms with van der Waals surface area (Å²) in [6.45, 7) is 3.56. The summed E-state index contributed by atoms with van der Waals surface area (Å²) in [6, 6.07) is 4.86. The second-order valence-electron chi connectivity index (χ2n) is 4.13. The minimum absolute atomic E-state index is 0.0807. The van der Waals surface area contributed by atoms with Crippen molar-refractivity contribution in [2.75, 3.05) is 18.4 Å². The van der Waals surface area contributed by atoms with E-state index in [4.69, 9.17) is 5.73 Å². The van der Waals surface area contributed by atoms with Crippen LogP contribution in [-0.4, -0.2) is 13.1 Å². The Balaban J connectivity index is 2.52. The van der Waals surface area contributed by atoms with Gasteiger partial charge in [-0.25, -0.2) is 4.39 Å². The molecule has 1 aliphatic rings. The SMILES string of the molecule is CC1(CN)CCNc2ccc(F)cc21. The van der Waals surface area contributed by atoms with E-state index in [1.807, 2.05) is 0 Å². The molecule has 0 amide bonds. The summed E-state index contributed by atoms with van der Waals surface area (Å²) in [7, 11) is 0. The molecule has 0 aliphatic carbocycles. The van der Waals surface area contributed by atoms with Crippen LogP contribution in [0.5, 0.6) is 0 Å². The molecule has 0 saturated heterocycles. The maximum Gasteiger partial charge on any atom is 0.123 e. The highest BCUT2D eigenvalue weighted by molar-refractivity contribution is 5.57. The third-order valence-corrected chi connectivity index (χ3v) is 3.07. The van der Waals surface area contributed by atoms with Gasteiger partial charge in [0.05, 0.1) is 0 Å². The third-order valence-electron chi connectivity index (χ3n) is 3.07. The highest BCUT2D eigenvalue weighted by Crippen LogP contribution is 2.36. The van der Waals surface area contributed by atoms with Crippen molar-refractivity contribution < 1.29 is 4.39 Å². The summed E-state index contributed by atoms with van der Waals surface area (Å²) in [4.78, 5) is 0. The Morgan fingerprint density at radius 2 is 2.36 bits per heavy atom. The molecule has 0 bridgehead atoms. The van der Waals surface area contributed by atoms with Gasteiger partial charge in [0, 0.05) is 24.2 Å². The fourth-order valence-electron chi connectivity index (χ4n) is 1.99. The molecule has 0 radical (unpaired) electrons. The number of nitrogens with one attached hydrogen (secondary N) is 1. The van der Waals surface area contributed by atoms with Crippen LogP contribution in [0.2, 0.25) is 0 Å². The first-order chi connectivity index (χ1) is 6.65. The van der Waals surface area contributed by atoms with Crippen molar-refractivity contribution in [1.82, 2.24) is 0 Å². The summed E-state index contributed by atoms with van der Waals surface area (Å²) >= 11 is 0. The lowest BCUT2D eigenvalue weighted by Gasteiger charge is -2.35. The topological polar surface area (TPSA) is 38.0 Å². The molecule has 0 spiro atoms. The lowest BCUT2D eigenvalue weighted by Crippen LogP contribution is -2.38. The standard InChI is InChI=1S/C11H15FN2/c1-11(7-13)4-5-14-10-3-2-8(12)6-9(10)11/h2-3,6,14H,4-5,7,13H2,1H3. The normalized spacial score (nSPS) is 25.4. The minimum Gasteiger partial charge on any atom is -0.385 e. The smallest absolute Gasteiger partial charge is 0.123 e. The summed E-state index contributed by atoms with van der Waals surface area (Å²) in [5.41, 5.74) is 7.70. The number of benzene rings is 1. The summed E-state index contributed by atoms with van der Waals surface area (Å²) in [5, 5.41) is 3.26. The molecule has 14 heavy (non-hydrogen) atoms. The Labute approximate surface area is 83.3 Å². The Kier molecular flexibility index (Phi) is 2.19. The van der Waals surface area contributed by atoms with Gasteiger partial charge in [-0.1, -0.05) is 6.92 Å². The lowest BCUT2D eigenvalue weighted by molar-refractivity contribution is 0.443. The molecule has 3 N–H and O–H groups in total. The van der Waals surface area contributed by atoms with E-state index in [1.165, 1.54) is 6.07 Å². The van der Waals surface area contributed by atoms with Crippen molar-refractivity contribution in [2.24, 2.45) is 5.73 Å². The van der Waals surface area contributed by atoms with Crippen LogP contribution in [-0.2, 0) is 5.41 Å². The number of nitrogens with two attached hydrogens (primary N) is 1. The van der Waals surface area contributed by atoms with Crippen molar-refractivity contribution in [3.63, 3.8) is 0 Å². The molecule has 2 nitrogen and oxygen atoms in total. The first-order valence-corrected chi connectivity index (χ1v) is 4.90. The van der Waals surface area contributed by atoms with E-state index in [9.17, 15) is 4.39 Å². The first-order valence-electron chi connectivity index (χ1n) is 4.90. The van der Waals surface area contributed by atoms with Gasteiger partial charge in [0.1, 0.15) is 5.82 Å². The van der Waals surface area contributed by atoms with E-state index >= 15 is 0 Å². The lowest BCUT2D eigenvalue weighted by atomic mass is 9.76. The largest absolute Gasteiger partial charge is 0.385 e. The van der Waals surface area contributed by atoms with Gasteiger partial charge in [-0.05, 0) is 30.2 Å². The van der Waals surface area contributed by atoms with Crippen molar-refractivity contribution in [2.45, 2.75) is 18.8 Å². The molecule has 1 unspecified atom stereocenters. The van der Waals surface area contributed by atoms with Crippen LogP contribution >= 0.6 is 0 Å². The Morgan fingerprint density at radius 1 is 1.57 bits per heavy atom. The van der Waals surface area contributed by atoms with Gasteiger partial charge in [-0.3, -0.25) is 0 Å². The number of hydrogen-bond acceptors (Lipinski definition) is 2. The maximum atomic E-state index is 13.1. The Morgan fingerprint density at radius 3 is 3.07 bits per heavy atom. The van der Waals surface area contributed by atoms with Crippen molar-refractivity contribution in [3.8, 4) is 0 Å². The first kappa shape index (κ1) is 9.46. The van der Waals surface area contributed by atoms with Gasteiger partial charge in [-0.2, -0.15) is 0 Å². The van der Waals surface area contributed by atoms with Gasteiger partial charge in [0.15, 0.2) is 0 Å². The number of anilines is 1. The average molecular weight is 194 g/mol. The van der Waals surface area contributed by atoms with Gasteiger partial charge in [0.25, 0.3) is 0 Å². The molecule has 76 valence electrons. The second-order valence-corrected chi connectivity index (χ2v) is 4.13. The highest BCUT2D eigenvalue weighted by atomic mass is 19.1. The van der Waals surface area contributed by atoms with Crippen molar-refractivity contribution >= 4 is 5.69 Å². The van der Waals surface area contributed by atoms with Crippen LogP contribution in [0.4, 0.5) is 10.1 Å². The van der Waals surface area contributed by atoms with E-state index in [0.717, 1.165) is 24.2 Å². The summed E-state index contributed by atoms with van der Waals surface area (Å²) < 4.78 is 13.1. The van der Waals surface area contributed by atoms with Crippen LogP contribution < -0.4 is 11.1 Å². The second kappa shape index (κ2) is 3.24. The van der Waals surface area contributed by atoms with Crippen LogP contribution in [0.3, 0.4) is 0 Å². The van der Waals surface area contributed by atoms with Crippen LogP contribution in [0, 0.1) is 5.82 Å². The van der Waals surface area contributed by atoms with Gasteiger partial charge < -0.3 is 11.1 Å². The van der Waals surface area contributed by atoms with Crippen molar-refractivity contribution in [3.05, 3.63) is 29.6 Å². The fourth-order valence-corrected chi connectivity index (χ4v) is 1.99. The van der Waals surface area contributed by atoms with E-state index in [2.05, 4.69) is 12.2 Å². The fraction of sp³-hybridized carbons (Fsp3) is 0.455. The third kappa shape index (κ3) is 1.38. The highest BCUT2D eigenvalue weighted by Gasteiger charge is 2.30. The van der Waals surface area contributed by atoms with Crippen molar-refractivity contribution in [1.29, 1.82) is 0 Å². The molecule has 1 aromatic carbocycles. The molecular weight excluding hydrogens is 179 g/mol. The molecule has 1 atom stereocenters. The number of fused-ring (bicyclic) bond motifs is 1. The molecule has 1 heterocycles. The van der Waals surface area contributed by atoms with Gasteiger partial charge >= 0.3 is 0 Å². The maximum absolute atomic E-state index is 13.1.